The third kappa shape index (κ3) is 5.31. The maximum Gasteiger partial charge on any atom is 0.416 e. The summed E-state index contributed by atoms with van der Waals surface area (Å²) in [6.45, 7) is 1.69. The number of urea groups is 1. The number of anilines is 3. The van der Waals surface area contributed by atoms with Crippen molar-refractivity contribution in [2.75, 3.05) is 42.7 Å². The van der Waals surface area contributed by atoms with E-state index < -0.39 is 29.3 Å². The first kappa shape index (κ1) is 25.9. The van der Waals surface area contributed by atoms with E-state index in [2.05, 4.69) is 20.7 Å². The normalized spacial score (nSPS) is 13.9. The Labute approximate surface area is 218 Å². The Hall–Kier alpha value is -4.72. The first-order chi connectivity index (χ1) is 18.6. The summed E-state index contributed by atoms with van der Waals surface area (Å²) in [7, 11) is 0. The molecule has 202 valence electrons. The highest BCUT2D eigenvalue weighted by Gasteiger charge is 2.31. The van der Waals surface area contributed by atoms with Crippen molar-refractivity contribution in [2.45, 2.75) is 6.18 Å². The Morgan fingerprint density at radius 1 is 1.03 bits per heavy atom. The molecular weight excluding hydrogens is 522 g/mol. The number of ether oxygens (including phenoxy) is 1. The van der Waals surface area contributed by atoms with Gasteiger partial charge in [-0.05, 0) is 35.9 Å². The number of nitrogens with two attached hydrogens (primary N) is 1. The van der Waals surface area contributed by atoms with E-state index in [9.17, 15) is 27.2 Å². The number of hydrogen-bond donors (Lipinski definition) is 3. The fourth-order valence-corrected chi connectivity index (χ4v) is 4.23. The summed E-state index contributed by atoms with van der Waals surface area (Å²) < 4.78 is 59.6. The van der Waals surface area contributed by atoms with Gasteiger partial charge >= 0.3 is 12.2 Å². The van der Waals surface area contributed by atoms with Crippen molar-refractivity contribution in [3.8, 4) is 11.1 Å². The summed E-state index contributed by atoms with van der Waals surface area (Å²) >= 11 is 0. The fraction of sp³-hybridized carbons (Fsp3) is 0.200. The third-order valence-corrected chi connectivity index (χ3v) is 6.10. The van der Waals surface area contributed by atoms with Crippen LogP contribution in [-0.2, 0) is 10.9 Å². The van der Waals surface area contributed by atoms with Crippen LogP contribution in [0.15, 0.2) is 55.0 Å². The third-order valence-electron chi connectivity index (χ3n) is 6.10. The summed E-state index contributed by atoms with van der Waals surface area (Å²) in [6.07, 6.45) is -1.85. The maximum absolute atomic E-state index is 14.0. The van der Waals surface area contributed by atoms with Crippen LogP contribution in [0.5, 0.6) is 0 Å². The molecule has 10 nitrogen and oxygen atoms in total. The Kier molecular flexibility index (Phi) is 6.78. The van der Waals surface area contributed by atoms with Gasteiger partial charge in [-0.1, -0.05) is 12.1 Å². The Balaban J connectivity index is 1.40. The number of nitrogen functional groups attached to an aromatic ring is 1. The second kappa shape index (κ2) is 10.2. The van der Waals surface area contributed by atoms with Crippen molar-refractivity contribution in [2.24, 2.45) is 0 Å². The van der Waals surface area contributed by atoms with Gasteiger partial charge in [-0.2, -0.15) is 18.3 Å². The van der Waals surface area contributed by atoms with Crippen LogP contribution in [0.3, 0.4) is 0 Å². The van der Waals surface area contributed by atoms with Crippen LogP contribution < -0.4 is 16.4 Å². The van der Waals surface area contributed by atoms with Crippen molar-refractivity contribution in [1.29, 1.82) is 0 Å². The number of nitrogens with one attached hydrogen (secondary N) is 2. The van der Waals surface area contributed by atoms with Crippen LogP contribution >= 0.6 is 0 Å². The summed E-state index contributed by atoms with van der Waals surface area (Å²) in [4.78, 5) is 31.5. The number of halogens is 4. The number of fused-ring (bicyclic) bond motifs is 1. The Bertz CT molecular complexity index is 1550. The van der Waals surface area contributed by atoms with Crippen molar-refractivity contribution in [3.63, 3.8) is 0 Å². The van der Waals surface area contributed by atoms with E-state index in [-0.39, 0.29) is 17.4 Å². The number of benzene rings is 2. The highest BCUT2D eigenvalue weighted by Crippen LogP contribution is 2.34. The summed E-state index contributed by atoms with van der Waals surface area (Å²) in [6, 6.07) is 7.05. The molecule has 0 saturated carbocycles. The van der Waals surface area contributed by atoms with Gasteiger partial charge in [-0.3, -0.25) is 4.79 Å². The number of morpholine rings is 1. The minimum absolute atomic E-state index is 0.158. The van der Waals surface area contributed by atoms with E-state index in [1.807, 2.05) is 0 Å². The standard InChI is InChI=1S/C25H21F4N7O3/c26-18-6-3-15(25(27,28)29)11-19(18)34-24(38)33-16-4-1-14(2-5-16)20-17(23(37)35-7-9-39-10-8-35)12-36-21(20)22(30)31-13-32-36/h1-6,11-13H,7-10H2,(H2,30,31,32)(H2,33,34,38). The van der Waals surface area contributed by atoms with Crippen LogP contribution in [0.25, 0.3) is 16.6 Å². The van der Waals surface area contributed by atoms with Crippen LogP contribution in [-0.4, -0.2) is 57.7 Å². The molecular formula is C25H21F4N7O3. The first-order valence-corrected chi connectivity index (χ1v) is 11.7. The van der Waals surface area contributed by atoms with E-state index in [0.717, 1.165) is 0 Å². The zero-order chi connectivity index (χ0) is 27.7. The number of rotatable bonds is 4. The van der Waals surface area contributed by atoms with E-state index in [1.165, 1.54) is 23.0 Å². The van der Waals surface area contributed by atoms with Crippen molar-refractivity contribution < 1.29 is 31.9 Å². The Morgan fingerprint density at radius 3 is 2.44 bits per heavy atom. The van der Waals surface area contributed by atoms with E-state index in [1.54, 1.807) is 23.2 Å². The number of amides is 3. The summed E-state index contributed by atoms with van der Waals surface area (Å²) in [5, 5.41) is 8.69. The second-order valence-electron chi connectivity index (χ2n) is 8.61. The van der Waals surface area contributed by atoms with Gasteiger partial charge in [0.1, 0.15) is 17.7 Å². The molecule has 2 aromatic carbocycles. The van der Waals surface area contributed by atoms with E-state index in [4.69, 9.17) is 10.5 Å². The highest BCUT2D eigenvalue weighted by atomic mass is 19.4. The highest BCUT2D eigenvalue weighted by molar-refractivity contribution is 6.07. The first-order valence-electron chi connectivity index (χ1n) is 11.7. The summed E-state index contributed by atoms with van der Waals surface area (Å²) in [5.41, 5.74) is 6.50. The number of alkyl halides is 3. The van der Waals surface area contributed by atoms with Gasteiger partial charge < -0.3 is 26.0 Å². The predicted octanol–water partition coefficient (Wildman–Crippen LogP) is 4.25. The average molecular weight is 543 g/mol. The molecule has 0 spiro atoms. The summed E-state index contributed by atoms with van der Waals surface area (Å²) in [5.74, 6) is -1.10. The minimum atomic E-state index is -4.70. The molecule has 39 heavy (non-hydrogen) atoms. The molecule has 4 aromatic rings. The largest absolute Gasteiger partial charge is 0.416 e. The zero-order valence-corrected chi connectivity index (χ0v) is 20.1. The average Bonchev–Trinajstić information content (AvgIpc) is 3.31. The number of aromatic nitrogens is 3. The van der Waals surface area contributed by atoms with Crippen molar-refractivity contribution in [3.05, 3.63) is 71.9 Å². The molecule has 1 fully saturated rings. The second-order valence-corrected chi connectivity index (χ2v) is 8.61. The number of carbonyl (C=O) groups excluding carboxylic acids is 2. The number of hydrogen-bond acceptors (Lipinski definition) is 6. The molecule has 0 unspecified atom stereocenters. The van der Waals surface area contributed by atoms with Crippen LogP contribution in [0.4, 0.5) is 39.5 Å². The molecule has 2 aromatic heterocycles. The Morgan fingerprint density at radius 2 is 1.74 bits per heavy atom. The van der Waals surface area contributed by atoms with Crippen LogP contribution in [0.2, 0.25) is 0 Å². The molecule has 1 aliphatic heterocycles. The minimum Gasteiger partial charge on any atom is -0.382 e. The SMILES string of the molecule is Nc1ncnn2cc(C(=O)N3CCOCC3)c(-c3ccc(NC(=O)Nc4cc(C(F)(F)F)ccc4F)cc3)c12. The van der Waals surface area contributed by atoms with Crippen LogP contribution in [0, 0.1) is 5.82 Å². The molecule has 4 N–H and O–H groups in total. The molecule has 0 radical (unpaired) electrons. The van der Waals surface area contributed by atoms with Gasteiger partial charge in [-0.15, -0.1) is 0 Å². The van der Waals surface area contributed by atoms with E-state index >= 15 is 0 Å². The quantitative estimate of drug-likeness (QED) is 0.331. The lowest BCUT2D eigenvalue weighted by molar-refractivity contribution is -0.137. The molecule has 5 rings (SSSR count). The van der Waals surface area contributed by atoms with Gasteiger partial charge in [0, 0.05) is 30.5 Å². The number of nitrogens with zero attached hydrogens (tertiary/aromatic N) is 4. The fourth-order valence-electron chi connectivity index (χ4n) is 4.23. The van der Waals surface area contributed by atoms with Gasteiger partial charge in [0.15, 0.2) is 5.82 Å². The lowest BCUT2D eigenvalue weighted by atomic mass is 10.0. The van der Waals surface area contributed by atoms with Crippen LogP contribution in [0.1, 0.15) is 15.9 Å². The molecule has 3 heterocycles. The van der Waals surface area contributed by atoms with Crippen molar-refractivity contribution in [1.82, 2.24) is 19.5 Å². The number of carbonyl (C=O) groups is 2. The molecule has 0 aliphatic carbocycles. The topological polar surface area (TPSA) is 127 Å². The van der Waals surface area contributed by atoms with E-state index in [0.29, 0.717) is 66.7 Å². The van der Waals surface area contributed by atoms with Gasteiger partial charge in [0.25, 0.3) is 5.91 Å². The smallest absolute Gasteiger partial charge is 0.382 e. The van der Waals surface area contributed by atoms with Gasteiger partial charge in [0.2, 0.25) is 0 Å². The molecule has 1 saturated heterocycles. The van der Waals surface area contributed by atoms with Crippen molar-refractivity contribution >= 4 is 34.6 Å². The zero-order valence-electron chi connectivity index (χ0n) is 20.1. The lowest BCUT2D eigenvalue weighted by Crippen LogP contribution is -2.40. The molecule has 14 heteroatoms. The lowest BCUT2D eigenvalue weighted by Gasteiger charge is -2.27. The molecule has 3 amide bonds. The molecule has 0 atom stereocenters. The predicted molar refractivity (Wildman–Crippen MR) is 134 cm³/mol. The van der Waals surface area contributed by atoms with Gasteiger partial charge in [0.05, 0.1) is 30.0 Å². The molecule has 1 aliphatic rings. The monoisotopic (exact) mass is 543 g/mol. The molecule has 0 bridgehead atoms. The van der Waals surface area contributed by atoms with Gasteiger partial charge in [-0.25, -0.2) is 18.7 Å². The maximum atomic E-state index is 14.0.